The van der Waals surface area contributed by atoms with Gasteiger partial charge >= 0.3 is 0 Å². The molecular weight excluding hydrogens is 154 g/mol. The number of hydrogen-bond acceptors (Lipinski definition) is 3. The number of carbonyl (C=O) groups is 1. The van der Waals surface area contributed by atoms with Crippen LogP contribution in [0.5, 0.6) is 0 Å². The van der Waals surface area contributed by atoms with Crippen LogP contribution < -0.4 is 10.6 Å². The lowest BCUT2D eigenvalue weighted by molar-refractivity contribution is -0.120. The summed E-state index contributed by atoms with van der Waals surface area (Å²) in [6, 6.07) is 1.92. The van der Waals surface area contributed by atoms with Crippen LogP contribution in [0, 0.1) is 23.7 Å². The second-order valence-corrected chi connectivity index (χ2v) is 2.07. The topological polar surface area (TPSA) is 64.9 Å². The summed E-state index contributed by atoms with van der Waals surface area (Å²) >= 11 is 0. The molecule has 0 aliphatic carbocycles. The predicted octanol–water partition coefficient (Wildman–Crippen LogP) is -0.761. The molecule has 0 heterocycles. The van der Waals surface area contributed by atoms with Crippen molar-refractivity contribution in [3.05, 3.63) is 0 Å². The van der Waals surface area contributed by atoms with Crippen LogP contribution in [0.2, 0.25) is 0 Å². The number of terminal acetylenes is 1. The average Bonchev–Trinajstić information content (AvgIpc) is 2.06. The number of hydrogen-bond donors (Lipinski definition) is 2. The van der Waals surface area contributed by atoms with E-state index in [2.05, 4.69) is 16.6 Å². The summed E-state index contributed by atoms with van der Waals surface area (Å²) in [7, 11) is 0. The molecule has 0 bridgehead atoms. The largest absolute Gasteiger partial charge is 0.354 e. The maximum absolute atomic E-state index is 10.8. The Kier molecular flexibility index (Phi) is 6.62. The molecule has 12 heavy (non-hydrogen) atoms. The maximum atomic E-state index is 10.8. The third-order valence-corrected chi connectivity index (χ3v) is 1.07. The minimum Gasteiger partial charge on any atom is -0.354 e. The van der Waals surface area contributed by atoms with E-state index in [4.69, 9.17) is 11.7 Å². The lowest BCUT2D eigenvalue weighted by Crippen LogP contribution is -2.34. The zero-order valence-electron chi connectivity index (χ0n) is 6.76. The molecule has 0 aromatic heterocycles. The number of rotatable bonds is 5. The first kappa shape index (κ1) is 10.5. The molecule has 0 spiro atoms. The van der Waals surface area contributed by atoms with Gasteiger partial charge in [-0.1, -0.05) is 5.92 Å². The molecule has 2 N–H and O–H groups in total. The molecule has 0 radical (unpaired) electrons. The highest BCUT2D eigenvalue weighted by Crippen LogP contribution is 1.70. The summed E-state index contributed by atoms with van der Waals surface area (Å²) in [5.74, 6) is 2.21. The summed E-state index contributed by atoms with van der Waals surface area (Å²) in [5, 5.41) is 13.4. The summed E-state index contributed by atoms with van der Waals surface area (Å²) < 4.78 is 0. The van der Waals surface area contributed by atoms with E-state index in [-0.39, 0.29) is 12.5 Å². The summed E-state index contributed by atoms with van der Waals surface area (Å²) in [5.41, 5.74) is 0. The average molecular weight is 165 g/mol. The van der Waals surface area contributed by atoms with E-state index in [9.17, 15) is 4.79 Å². The van der Waals surface area contributed by atoms with Crippen molar-refractivity contribution >= 4 is 5.91 Å². The maximum Gasteiger partial charge on any atom is 0.234 e. The number of carbonyl (C=O) groups excluding carboxylic acids is 1. The van der Waals surface area contributed by atoms with Gasteiger partial charge in [0.15, 0.2) is 0 Å². The van der Waals surface area contributed by atoms with Crippen molar-refractivity contribution < 1.29 is 4.79 Å². The van der Waals surface area contributed by atoms with E-state index < -0.39 is 0 Å². The highest BCUT2D eigenvalue weighted by Gasteiger charge is 1.96. The third-order valence-electron chi connectivity index (χ3n) is 1.07. The van der Waals surface area contributed by atoms with E-state index in [1.165, 1.54) is 0 Å². The van der Waals surface area contributed by atoms with Crippen molar-refractivity contribution in [3.63, 3.8) is 0 Å². The normalized spacial score (nSPS) is 8.17. The van der Waals surface area contributed by atoms with Gasteiger partial charge in [-0.05, 0) is 0 Å². The van der Waals surface area contributed by atoms with Crippen molar-refractivity contribution in [1.82, 2.24) is 10.6 Å². The summed E-state index contributed by atoms with van der Waals surface area (Å²) in [4.78, 5) is 10.8. The molecule has 0 atom stereocenters. The van der Waals surface area contributed by atoms with E-state index in [1.54, 1.807) is 0 Å². The fraction of sp³-hybridized carbons (Fsp3) is 0.500. The summed E-state index contributed by atoms with van der Waals surface area (Å²) in [6.07, 6.45) is 5.28. The molecule has 0 saturated heterocycles. The van der Waals surface area contributed by atoms with Gasteiger partial charge in [0.1, 0.15) is 0 Å². The van der Waals surface area contributed by atoms with E-state index >= 15 is 0 Å². The molecule has 0 aromatic carbocycles. The van der Waals surface area contributed by atoms with Gasteiger partial charge < -0.3 is 5.32 Å². The summed E-state index contributed by atoms with van der Waals surface area (Å²) in [6.45, 7) is 0.981. The molecule has 0 aromatic rings. The van der Waals surface area contributed by atoms with Crippen molar-refractivity contribution in [2.45, 2.75) is 6.42 Å². The van der Waals surface area contributed by atoms with Crippen molar-refractivity contribution in [2.75, 3.05) is 19.6 Å². The van der Waals surface area contributed by atoms with Crippen LogP contribution in [0.1, 0.15) is 6.42 Å². The second kappa shape index (κ2) is 7.59. The van der Waals surface area contributed by atoms with E-state index in [1.807, 2.05) is 6.07 Å². The number of nitriles is 1. The van der Waals surface area contributed by atoms with Crippen LogP contribution in [-0.4, -0.2) is 25.5 Å². The molecule has 0 fully saturated rings. The molecule has 4 nitrogen and oxygen atoms in total. The van der Waals surface area contributed by atoms with Gasteiger partial charge in [-0.3, -0.25) is 10.1 Å². The molecule has 0 rings (SSSR count). The third kappa shape index (κ3) is 6.60. The molecule has 0 saturated carbocycles. The van der Waals surface area contributed by atoms with Crippen LogP contribution >= 0.6 is 0 Å². The smallest absolute Gasteiger partial charge is 0.234 e. The van der Waals surface area contributed by atoms with Gasteiger partial charge in [-0.15, -0.1) is 6.42 Å². The first-order valence-electron chi connectivity index (χ1n) is 3.59. The Balaban J connectivity index is 3.24. The Morgan fingerprint density at radius 2 is 2.33 bits per heavy atom. The van der Waals surface area contributed by atoms with Gasteiger partial charge in [-0.2, -0.15) is 5.26 Å². The zero-order chi connectivity index (χ0) is 9.23. The standard InChI is InChI=1S/C8H11N3O/c1-2-5-10-7-8(12)11-6-3-4-9/h1,10H,3,5-7H2,(H,11,12). The monoisotopic (exact) mass is 165 g/mol. The van der Waals surface area contributed by atoms with Gasteiger partial charge in [-0.25, -0.2) is 0 Å². The minimum absolute atomic E-state index is 0.138. The van der Waals surface area contributed by atoms with Crippen LogP contribution in [0.4, 0.5) is 0 Å². The van der Waals surface area contributed by atoms with Gasteiger partial charge in [0, 0.05) is 6.54 Å². The number of nitrogens with one attached hydrogen (secondary N) is 2. The number of amides is 1. The molecule has 4 heteroatoms. The Labute approximate surface area is 71.9 Å². The fourth-order valence-electron chi connectivity index (χ4n) is 0.569. The highest BCUT2D eigenvalue weighted by atomic mass is 16.1. The Morgan fingerprint density at radius 3 is 2.92 bits per heavy atom. The Hall–Kier alpha value is -1.52. The molecule has 1 amide bonds. The highest BCUT2D eigenvalue weighted by molar-refractivity contribution is 5.77. The number of nitrogens with zero attached hydrogens (tertiary/aromatic N) is 1. The van der Waals surface area contributed by atoms with Gasteiger partial charge in [0.05, 0.1) is 25.6 Å². The first-order chi connectivity index (χ1) is 5.81. The van der Waals surface area contributed by atoms with Crippen molar-refractivity contribution in [2.24, 2.45) is 0 Å². The molecule has 0 aliphatic rings. The van der Waals surface area contributed by atoms with Gasteiger partial charge in [0.2, 0.25) is 5.91 Å². The SMILES string of the molecule is C#CCNCC(=O)NCCC#N. The first-order valence-corrected chi connectivity index (χ1v) is 3.59. The Morgan fingerprint density at radius 1 is 1.58 bits per heavy atom. The fourth-order valence-corrected chi connectivity index (χ4v) is 0.569. The molecule has 64 valence electrons. The predicted molar refractivity (Wildman–Crippen MR) is 44.9 cm³/mol. The zero-order valence-corrected chi connectivity index (χ0v) is 6.76. The van der Waals surface area contributed by atoms with Crippen LogP contribution in [0.15, 0.2) is 0 Å². The van der Waals surface area contributed by atoms with Crippen molar-refractivity contribution in [3.8, 4) is 18.4 Å². The van der Waals surface area contributed by atoms with E-state index in [0.717, 1.165) is 0 Å². The molecular formula is C8H11N3O. The lowest BCUT2D eigenvalue weighted by atomic mass is 10.4. The lowest BCUT2D eigenvalue weighted by Gasteiger charge is -2.01. The molecule has 0 aliphatic heterocycles. The quantitative estimate of drug-likeness (QED) is 0.415. The van der Waals surface area contributed by atoms with Crippen LogP contribution in [0.25, 0.3) is 0 Å². The second-order valence-electron chi connectivity index (χ2n) is 2.07. The van der Waals surface area contributed by atoms with E-state index in [0.29, 0.717) is 19.5 Å². The van der Waals surface area contributed by atoms with Crippen molar-refractivity contribution in [1.29, 1.82) is 5.26 Å². The molecule has 0 unspecified atom stereocenters. The Bertz CT molecular complexity index is 189. The van der Waals surface area contributed by atoms with Crippen LogP contribution in [0.3, 0.4) is 0 Å². The van der Waals surface area contributed by atoms with Crippen LogP contribution in [-0.2, 0) is 4.79 Å². The minimum atomic E-state index is -0.138. The van der Waals surface area contributed by atoms with Gasteiger partial charge in [0.25, 0.3) is 0 Å².